The van der Waals surface area contributed by atoms with E-state index >= 15 is 0 Å². The van der Waals surface area contributed by atoms with E-state index < -0.39 is 5.97 Å². The van der Waals surface area contributed by atoms with Crippen molar-refractivity contribution in [1.29, 1.82) is 0 Å². The van der Waals surface area contributed by atoms with Gasteiger partial charge < -0.3 is 10.4 Å². The van der Waals surface area contributed by atoms with Gasteiger partial charge in [0.1, 0.15) is 6.04 Å². The summed E-state index contributed by atoms with van der Waals surface area (Å²) in [5.74, 6) is -0.461. The van der Waals surface area contributed by atoms with Gasteiger partial charge in [-0.2, -0.15) is 0 Å². The third-order valence-corrected chi connectivity index (χ3v) is 2.22. The van der Waals surface area contributed by atoms with Crippen molar-refractivity contribution in [2.75, 3.05) is 0 Å². The van der Waals surface area contributed by atoms with Crippen molar-refractivity contribution < 1.29 is 9.90 Å². The highest BCUT2D eigenvalue weighted by atomic mass is 16.4. The summed E-state index contributed by atoms with van der Waals surface area (Å²) in [4.78, 5) is 10.5. The van der Waals surface area contributed by atoms with Crippen molar-refractivity contribution in [3.63, 3.8) is 0 Å². The van der Waals surface area contributed by atoms with Gasteiger partial charge in [-0.15, -0.1) is 6.58 Å². The van der Waals surface area contributed by atoms with Crippen LogP contribution in [0, 0.1) is 5.92 Å². The van der Waals surface area contributed by atoms with Crippen LogP contribution in [0.15, 0.2) is 12.7 Å². The first kappa shape index (κ1) is 8.27. The van der Waals surface area contributed by atoms with Crippen molar-refractivity contribution in [2.24, 2.45) is 5.92 Å². The number of hydrogen-bond donors (Lipinski definition) is 2. The first-order valence-corrected chi connectivity index (χ1v) is 3.76. The second-order valence-corrected chi connectivity index (χ2v) is 2.98. The number of aliphatic carboxylic acids is 1. The van der Waals surface area contributed by atoms with Crippen molar-refractivity contribution >= 4 is 5.97 Å². The van der Waals surface area contributed by atoms with Crippen molar-refractivity contribution in [3.8, 4) is 0 Å². The average Bonchev–Trinajstić information content (AvgIpc) is 2.31. The Hall–Kier alpha value is -0.830. The molecule has 0 saturated carbocycles. The highest BCUT2D eigenvalue weighted by Crippen LogP contribution is 2.20. The minimum Gasteiger partial charge on any atom is -0.480 e. The van der Waals surface area contributed by atoms with Gasteiger partial charge in [0.15, 0.2) is 0 Å². The predicted octanol–water partition coefficient (Wildman–Crippen LogP) is 0.624. The second-order valence-electron chi connectivity index (χ2n) is 2.98. The number of carboxylic acid groups (broad SMARTS) is 1. The summed E-state index contributed by atoms with van der Waals surface area (Å²) < 4.78 is 0. The molecule has 3 heteroatoms. The van der Waals surface area contributed by atoms with E-state index in [0.29, 0.717) is 12.3 Å². The third kappa shape index (κ3) is 1.60. The Balaban J connectivity index is 2.56. The quantitative estimate of drug-likeness (QED) is 0.575. The summed E-state index contributed by atoms with van der Waals surface area (Å²) in [5, 5.41) is 11.6. The molecule has 0 amide bonds. The normalized spacial score (nSPS) is 37.0. The summed E-state index contributed by atoms with van der Waals surface area (Å²) >= 11 is 0. The largest absolute Gasteiger partial charge is 0.480 e. The van der Waals surface area contributed by atoms with Gasteiger partial charge in [0.05, 0.1) is 0 Å². The summed E-state index contributed by atoms with van der Waals surface area (Å²) in [6.45, 7) is 5.64. The zero-order valence-corrected chi connectivity index (χ0v) is 6.58. The van der Waals surface area contributed by atoms with E-state index in [1.54, 1.807) is 0 Å². The number of carbonyl (C=O) groups is 1. The Labute approximate surface area is 66.1 Å². The molecule has 0 aromatic carbocycles. The van der Waals surface area contributed by atoms with Crippen LogP contribution in [0.2, 0.25) is 0 Å². The molecule has 1 heterocycles. The lowest BCUT2D eigenvalue weighted by Crippen LogP contribution is -2.34. The minimum absolute atomic E-state index is 0.244. The average molecular weight is 155 g/mol. The van der Waals surface area contributed by atoms with Gasteiger partial charge in [-0.25, -0.2) is 0 Å². The van der Waals surface area contributed by atoms with Crippen LogP contribution >= 0.6 is 0 Å². The monoisotopic (exact) mass is 155 g/mol. The summed E-state index contributed by atoms with van der Waals surface area (Å²) in [6, 6.07) is -0.137. The van der Waals surface area contributed by atoms with Gasteiger partial charge in [0, 0.05) is 6.04 Å². The summed E-state index contributed by atoms with van der Waals surface area (Å²) in [7, 11) is 0. The Morgan fingerprint density at radius 1 is 1.82 bits per heavy atom. The molecule has 3 nitrogen and oxygen atoms in total. The van der Waals surface area contributed by atoms with Gasteiger partial charge in [-0.1, -0.05) is 6.08 Å². The zero-order valence-electron chi connectivity index (χ0n) is 6.58. The van der Waals surface area contributed by atoms with Crippen LogP contribution in [0.25, 0.3) is 0 Å². The first-order valence-electron chi connectivity index (χ1n) is 3.76. The molecule has 0 bridgehead atoms. The zero-order chi connectivity index (χ0) is 8.43. The van der Waals surface area contributed by atoms with Crippen molar-refractivity contribution in [2.45, 2.75) is 25.4 Å². The van der Waals surface area contributed by atoms with E-state index in [-0.39, 0.29) is 12.1 Å². The Morgan fingerprint density at radius 2 is 2.45 bits per heavy atom. The molecule has 1 aliphatic rings. The molecule has 2 N–H and O–H groups in total. The fraction of sp³-hybridized carbons (Fsp3) is 0.625. The van der Waals surface area contributed by atoms with Gasteiger partial charge in [0.25, 0.3) is 0 Å². The maximum atomic E-state index is 10.5. The maximum absolute atomic E-state index is 10.5. The molecule has 1 fully saturated rings. The molecule has 0 spiro atoms. The molecule has 11 heavy (non-hydrogen) atoms. The molecular formula is C8H13NO2. The predicted molar refractivity (Wildman–Crippen MR) is 42.3 cm³/mol. The molecule has 1 aliphatic heterocycles. The number of hydrogen-bond acceptors (Lipinski definition) is 2. The SMILES string of the molecule is C=CC1CC(C(=O)O)NC1C. The van der Waals surface area contributed by atoms with Crippen molar-refractivity contribution in [1.82, 2.24) is 5.32 Å². The molecule has 3 atom stereocenters. The number of carboxylic acids is 1. The molecule has 1 rings (SSSR count). The molecule has 1 saturated heterocycles. The smallest absolute Gasteiger partial charge is 0.320 e. The van der Waals surface area contributed by atoms with Crippen LogP contribution < -0.4 is 5.32 Å². The van der Waals surface area contributed by atoms with Crippen molar-refractivity contribution in [3.05, 3.63) is 12.7 Å². The van der Waals surface area contributed by atoms with Gasteiger partial charge in [-0.05, 0) is 19.3 Å². The van der Waals surface area contributed by atoms with E-state index in [0.717, 1.165) is 0 Å². The molecule has 0 aromatic heterocycles. The topological polar surface area (TPSA) is 49.3 Å². The van der Waals surface area contributed by atoms with E-state index in [9.17, 15) is 4.79 Å². The van der Waals surface area contributed by atoms with E-state index in [1.807, 2.05) is 13.0 Å². The molecule has 62 valence electrons. The Bertz CT molecular complexity index is 179. The third-order valence-electron chi connectivity index (χ3n) is 2.22. The minimum atomic E-state index is -0.763. The van der Waals surface area contributed by atoms with Crippen LogP contribution in [-0.2, 0) is 4.79 Å². The lowest BCUT2D eigenvalue weighted by atomic mass is 10.0. The second kappa shape index (κ2) is 3.05. The molecular weight excluding hydrogens is 142 g/mol. The first-order chi connectivity index (χ1) is 5.15. The van der Waals surface area contributed by atoms with Gasteiger partial charge in [-0.3, -0.25) is 4.79 Å². The van der Waals surface area contributed by atoms with E-state index in [4.69, 9.17) is 5.11 Å². The van der Waals surface area contributed by atoms with Gasteiger partial charge >= 0.3 is 5.97 Å². The number of nitrogens with one attached hydrogen (secondary N) is 1. The Morgan fingerprint density at radius 3 is 2.73 bits per heavy atom. The molecule has 0 aliphatic carbocycles. The fourth-order valence-electron chi connectivity index (χ4n) is 1.46. The molecule has 0 radical (unpaired) electrons. The summed E-state index contributed by atoms with van der Waals surface area (Å²) in [6.07, 6.45) is 2.49. The lowest BCUT2D eigenvalue weighted by Gasteiger charge is -2.07. The van der Waals surface area contributed by atoms with Crippen LogP contribution in [0.3, 0.4) is 0 Å². The fourth-order valence-corrected chi connectivity index (χ4v) is 1.46. The maximum Gasteiger partial charge on any atom is 0.320 e. The molecule has 0 aromatic rings. The Kier molecular flexibility index (Phi) is 2.29. The number of rotatable bonds is 2. The standard InChI is InChI=1S/C8H13NO2/c1-3-6-4-7(8(10)11)9-5(6)2/h3,5-7,9H,1,4H2,2H3,(H,10,11). The van der Waals surface area contributed by atoms with Crippen LogP contribution in [-0.4, -0.2) is 23.2 Å². The van der Waals surface area contributed by atoms with Gasteiger partial charge in [0.2, 0.25) is 0 Å². The van der Waals surface area contributed by atoms with E-state index in [1.165, 1.54) is 0 Å². The van der Waals surface area contributed by atoms with Crippen LogP contribution in [0.4, 0.5) is 0 Å². The van der Waals surface area contributed by atoms with Crippen LogP contribution in [0.1, 0.15) is 13.3 Å². The van der Waals surface area contributed by atoms with E-state index in [2.05, 4.69) is 11.9 Å². The van der Waals surface area contributed by atoms with Crippen LogP contribution in [0.5, 0.6) is 0 Å². The summed E-state index contributed by atoms with van der Waals surface area (Å²) in [5.41, 5.74) is 0. The lowest BCUT2D eigenvalue weighted by molar-refractivity contribution is -0.139. The molecule has 3 unspecified atom stereocenters. The highest BCUT2D eigenvalue weighted by molar-refractivity contribution is 5.74. The highest BCUT2D eigenvalue weighted by Gasteiger charge is 2.32.